The van der Waals surface area contributed by atoms with Crippen molar-refractivity contribution in [3.63, 3.8) is 0 Å². The highest BCUT2D eigenvalue weighted by atomic mass is 19.3. The first-order chi connectivity index (χ1) is 14.7. The van der Waals surface area contributed by atoms with Crippen LogP contribution in [-0.2, 0) is 10.3 Å². The third kappa shape index (κ3) is 4.29. The molecule has 0 amide bonds. The number of piperidine rings is 1. The van der Waals surface area contributed by atoms with E-state index in [1.807, 2.05) is 54.6 Å². The highest BCUT2D eigenvalue weighted by Crippen LogP contribution is 2.38. The van der Waals surface area contributed by atoms with Crippen molar-refractivity contribution in [2.45, 2.75) is 30.7 Å². The van der Waals surface area contributed by atoms with Crippen LogP contribution in [0.1, 0.15) is 23.1 Å². The van der Waals surface area contributed by atoms with E-state index in [4.69, 9.17) is 4.74 Å². The molecule has 1 saturated heterocycles. The van der Waals surface area contributed by atoms with Gasteiger partial charge in [0.2, 0.25) is 0 Å². The van der Waals surface area contributed by atoms with Crippen molar-refractivity contribution in [2.75, 3.05) is 13.1 Å². The lowest BCUT2D eigenvalue weighted by molar-refractivity contribution is -0.175. The van der Waals surface area contributed by atoms with Crippen molar-refractivity contribution >= 4 is 0 Å². The molecule has 3 aromatic rings. The maximum absolute atomic E-state index is 13.1. The van der Waals surface area contributed by atoms with Crippen molar-refractivity contribution in [2.24, 2.45) is 0 Å². The average Bonchev–Trinajstić information content (AvgIpc) is 2.80. The summed E-state index contributed by atoms with van der Waals surface area (Å²) in [4.78, 5) is 0. The maximum atomic E-state index is 13.1. The fourth-order valence-corrected chi connectivity index (χ4v) is 4.37. The second kappa shape index (κ2) is 9.47. The van der Waals surface area contributed by atoms with E-state index in [1.165, 1.54) is 0 Å². The maximum Gasteiger partial charge on any atom is 0.345 e. The van der Waals surface area contributed by atoms with E-state index >= 15 is 0 Å². The molecular weight excluding hydrogens is 382 g/mol. The molecule has 0 radical (unpaired) electrons. The van der Waals surface area contributed by atoms with Crippen LogP contribution in [0.25, 0.3) is 0 Å². The number of nitrogens with one attached hydrogen (secondary N) is 2. The van der Waals surface area contributed by atoms with E-state index in [2.05, 4.69) is 47.0 Å². The molecule has 3 aromatic carbocycles. The van der Waals surface area contributed by atoms with Crippen LogP contribution < -0.4 is 10.6 Å². The van der Waals surface area contributed by atoms with Crippen molar-refractivity contribution in [1.82, 2.24) is 10.6 Å². The SMILES string of the molecule is FC(F)O[C@@H]1CCNC[C@@H]1NC(c1ccccc1)(c1ccccc1)c1ccccc1. The number of hydrogen-bond acceptors (Lipinski definition) is 3. The largest absolute Gasteiger partial charge is 0.345 e. The second-order valence-electron chi connectivity index (χ2n) is 7.53. The van der Waals surface area contributed by atoms with Crippen molar-refractivity contribution in [1.29, 1.82) is 0 Å². The predicted molar refractivity (Wildman–Crippen MR) is 114 cm³/mol. The smallest absolute Gasteiger partial charge is 0.318 e. The van der Waals surface area contributed by atoms with Gasteiger partial charge in [0.25, 0.3) is 0 Å². The molecular formula is C25H26F2N2O. The second-order valence-corrected chi connectivity index (χ2v) is 7.53. The number of alkyl halides is 2. The molecule has 1 heterocycles. The molecule has 0 unspecified atom stereocenters. The Bertz CT molecular complexity index is 810. The highest BCUT2D eigenvalue weighted by molar-refractivity contribution is 5.49. The third-order valence-corrected chi connectivity index (χ3v) is 5.72. The van der Waals surface area contributed by atoms with Gasteiger partial charge in [-0.1, -0.05) is 91.0 Å². The highest BCUT2D eigenvalue weighted by Gasteiger charge is 2.41. The normalized spacial score (nSPS) is 19.7. The van der Waals surface area contributed by atoms with Crippen LogP contribution >= 0.6 is 0 Å². The summed E-state index contributed by atoms with van der Waals surface area (Å²) in [5.41, 5.74) is 2.42. The summed E-state index contributed by atoms with van der Waals surface area (Å²) in [5.74, 6) is 0. The number of rotatable bonds is 7. The minimum atomic E-state index is -2.79. The fraction of sp³-hybridized carbons (Fsp3) is 0.280. The zero-order valence-corrected chi connectivity index (χ0v) is 16.7. The zero-order chi connectivity index (χ0) is 20.8. The summed E-state index contributed by atoms with van der Waals surface area (Å²) >= 11 is 0. The van der Waals surface area contributed by atoms with Gasteiger partial charge in [0.05, 0.1) is 11.6 Å². The molecule has 5 heteroatoms. The Labute approximate surface area is 176 Å². The molecule has 0 saturated carbocycles. The molecule has 0 bridgehead atoms. The van der Waals surface area contributed by atoms with E-state index < -0.39 is 18.3 Å². The Hall–Kier alpha value is -2.60. The van der Waals surface area contributed by atoms with Crippen LogP contribution in [0.15, 0.2) is 91.0 Å². The van der Waals surface area contributed by atoms with Gasteiger partial charge in [-0.15, -0.1) is 0 Å². The van der Waals surface area contributed by atoms with Gasteiger partial charge in [0.1, 0.15) is 0 Å². The van der Waals surface area contributed by atoms with E-state index in [0.29, 0.717) is 19.5 Å². The minimum absolute atomic E-state index is 0.298. The summed E-state index contributed by atoms with van der Waals surface area (Å²) in [5, 5.41) is 7.08. The standard InChI is InChI=1S/C25H26F2N2O/c26-24(27)30-23-16-17-28-18-22(23)29-25(19-10-4-1-5-11-19,20-12-6-2-7-13-20)21-14-8-3-9-15-21/h1-15,22-24,28-29H,16-18H2/t22-,23+/m0/s1. The molecule has 1 aliphatic rings. The summed E-state index contributed by atoms with van der Waals surface area (Å²) < 4.78 is 31.3. The Balaban J connectivity index is 1.86. The summed E-state index contributed by atoms with van der Waals surface area (Å²) in [6.07, 6.45) is -0.0574. The summed E-state index contributed by atoms with van der Waals surface area (Å²) in [6.45, 7) is -1.59. The molecule has 0 aliphatic carbocycles. The van der Waals surface area contributed by atoms with E-state index in [9.17, 15) is 8.78 Å². The van der Waals surface area contributed by atoms with Gasteiger partial charge < -0.3 is 10.1 Å². The van der Waals surface area contributed by atoms with Gasteiger partial charge in [0.15, 0.2) is 0 Å². The predicted octanol–water partition coefficient (Wildman–Crippen LogP) is 4.54. The molecule has 0 spiro atoms. The van der Waals surface area contributed by atoms with Crippen molar-refractivity contribution < 1.29 is 13.5 Å². The van der Waals surface area contributed by atoms with E-state index in [-0.39, 0.29) is 6.04 Å². The van der Waals surface area contributed by atoms with Crippen LogP contribution in [0.5, 0.6) is 0 Å². The van der Waals surface area contributed by atoms with Crippen LogP contribution in [-0.4, -0.2) is 31.8 Å². The van der Waals surface area contributed by atoms with E-state index in [0.717, 1.165) is 16.7 Å². The Morgan fingerprint density at radius 3 is 1.70 bits per heavy atom. The van der Waals surface area contributed by atoms with Gasteiger partial charge in [-0.3, -0.25) is 5.32 Å². The first-order valence-corrected chi connectivity index (χ1v) is 10.3. The first-order valence-electron chi connectivity index (χ1n) is 10.3. The number of hydrogen-bond donors (Lipinski definition) is 2. The van der Waals surface area contributed by atoms with Crippen LogP contribution in [0.2, 0.25) is 0 Å². The Morgan fingerprint density at radius 1 is 0.800 bits per heavy atom. The zero-order valence-electron chi connectivity index (χ0n) is 16.7. The minimum Gasteiger partial charge on any atom is -0.318 e. The van der Waals surface area contributed by atoms with Crippen molar-refractivity contribution in [3.8, 4) is 0 Å². The van der Waals surface area contributed by atoms with Crippen molar-refractivity contribution in [3.05, 3.63) is 108 Å². The Morgan fingerprint density at radius 2 is 1.27 bits per heavy atom. The molecule has 3 nitrogen and oxygen atoms in total. The summed E-state index contributed by atoms with van der Waals surface area (Å²) in [7, 11) is 0. The van der Waals surface area contributed by atoms with Gasteiger partial charge >= 0.3 is 6.61 Å². The fourth-order valence-electron chi connectivity index (χ4n) is 4.37. The molecule has 1 fully saturated rings. The lowest BCUT2D eigenvalue weighted by Crippen LogP contribution is -2.60. The molecule has 0 aromatic heterocycles. The van der Waals surface area contributed by atoms with Crippen LogP contribution in [0.3, 0.4) is 0 Å². The number of ether oxygens (including phenoxy) is 1. The monoisotopic (exact) mass is 408 g/mol. The lowest BCUT2D eigenvalue weighted by Gasteiger charge is -2.43. The molecule has 4 rings (SSSR count). The molecule has 156 valence electrons. The molecule has 2 N–H and O–H groups in total. The topological polar surface area (TPSA) is 33.3 Å². The number of halogens is 2. The summed E-state index contributed by atoms with van der Waals surface area (Å²) in [6, 6.07) is 30.1. The molecule has 2 atom stereocenters. The third-order valence-electron chi connectivity index (χ3n) is 5.72. The number of benzene rings is 3. The van der Waals surface area contributed by atoms with E-state index in [1.54, 1.807) is 0 Å². The quantitative estimate of drug-likeness (QED) is 0.563. The van der Waals surface area contributed by atoms with Gasteiger partial charge in [-0.05, 0) is 29.7 Å². The van der Waals surface area contributed by atoms with Gasteiger partial charge in [-0.2, -0.15) is 8.78 Å². The molecule has 30 heavy (non-hydrogen) atoms. The van der Waals surface area contributed by atoms with Gasteiger partial charge in [0, 0.05) is 12.6 Å². The van der Waals surface area contributed by atoms with Crippen LogP contribution in [0, 0.1) is 0 Å². The first kappa shape index (κ1) is 20.7. The average molecular weight is 408 g/mol. The van der Waals surface area contributed by atoms with Gasteiger partial charge in [-0.25, -0.2) is 0 Å². The Kier molecular flexibility index (Phi) is 6.53. The lowest BCUT2D eigenvalue weighted by atomic mass is 9.76. The van der Waals surface area contributed by atoms with Crippen LogP contribution in [0.4, 0.5) is 8.78 Å². The molecule has 1 aliphatic heterocycles.